The number of carbonyl (C=O) groups is 1. The SMILES string of the molecule is CN(C)CCCN(C(=O)c1ccc(Cl)s1)c1nc2c(Cl)cccc2s1.Cl. The van der Waals surface area contributed by atoms with Crippen molar-refractivity contribution in [2.75, 3.05) is 32.1 Å². The first kappa shape index (κ1) is 21.4. The lowest BCUT2D eigenvalue weighted by atomic mass is 10.3. The second-order valence-corrected chi connectivity index (χ2v) is 8.93. The molecule has 0 aliphatic rings. The zero-order valence-electron chi connectivity index (χ0n) is 14.2. The number of thiazole rings is 1. The molecular formula is C17H18Cl3N3OS2. The highest BCUT2D eigenvalue weighted by atomic mass is 35.5. The number of carbonyl (C=O) groups excluding carboxylic acids is 1. The third-order valence-electron chi connectivity index (χ3n) is 3.61. The van der Waals surface area contributed by atoms with Crippen molar-refractivity contribution < 1.29 is 4.79 Å². The van der Waals surface area contributed by atoms with Crippen LogP contribution in [0.1, 0.15) is 16.1 Å². The van der Waals surface area contributed by atoms with E-state index >= 15 is 0 Å². The average Bonchev–Trinajstić information content (AvgIpc) is 3.18. The van der Waals surface area contributed by atoms with Crippen molar-refractivity contribution in [1.82, 2.24) is 9.88 Å². The maximum Gasteiger partial charge on any atom is 0.270 e. The Hall–Kier alpha value is -0.890. The summed E-state index contributed by atoms with van der Waals surface area (Å²) in [6.07, 6.45) is 0.849. The Morgan fingerprint density at radius 1 is 1.12 bits per heavy atom. The molecular weight excluding hydrogens is 433 g/mol. The normalized spacial score (nSPS) is 11.0. The summed E-state index contributed by atoms with van der Waals surface area (Å²) in [5.41, 5.74) is 0.735. The second kappa shape index (κ2) is 9.35. The molecule has 4 nitrogen and oxygen atoms in total. The van der Waals surface area contributed by atoms with Gasteiger partial charge in [-0.2, -0.15) is 0 Å². The van der Waals surface area contributed by atoms with Gasteiger partial charge in [-0.3, -0.25) is 9.69 Å². The molecule has 0 N–H and O–H groups in total. The molecule has 3 aromatic rings. The van der Waals surface area contributed by atoms with E-state index in [4.69, 9.17) is 23.2 Å². The molecule has 0 atom stereocenters. The van der Waals surface area contributed by atoms with Crippen LogP contribution in [0.4, 0.5) is 5.13 Å². The minimum Gasteiger partial charge on any atom is -0.309 e. The second-order valence-electron chi connectivity index (χ2n) is 5.80. The summed E-state index contributed by atoms with van der Waals surface area (Å²) < 4.78 is 1.57. The number of rotatable bonds is 6. The van der Waals surface area contributed by atoms with Crippen LogP contribution in [-0.2, 0) is 0 Å². The molecule has 0 fully saturated rings. The van der Waals surface area contributed by atoms with E-state index < -0.39 is 0 Å². The van der Waals surface area contributed by atoms with Gasteiger partial charge >= 0.3 is 0 Å². The first-order valence-electron chi connectivity index (χ1n) is 7.72. The summed E-state index contributed by atoms with van der Waals surface area (Å²) in [7, 11) is 4.03. The Morgan fingerprint density at radius 2 is 1.88 bits per heavy atom. The topological polar surface area (TPSA) is 36.4 Å². The molecule has 2 heterocycles. The lowest BCUT2D eigenvalue weighted by Crippen LogP contribution is -2.32. The van der Waals surface area contributed by atoms with Crippen LogP contribution in [0, 0.1) is 0 Å². The predicted octanol–water partition coefficient (Wildman–Crippen LogP) is 5.68. The summed E-state index contributed by atoms with van der Waals surface area (Å²) >= 11 is 15.0. The van der Waals surface area contributed by atoms with Gasteiger partial charge in [-0.1, -0.05) is 40.6 Å². The number of fused-ring (bicyclic) bond motifs is 1. The van der Waals surface area contributed by atoms with Crippen LogP contribution in [0.5, 0.6) is 0 Å². The molecule has 0 unspecified atom stereocenters. The van der Waals surface area contributed by atoms with Crippen LogP contribution >= 0.6 is 58.3 Å². The summed E-state index contributed by atoms with van der Waals surface area (Å²) in [5.74, 6) is -0.0779. The number of halogens is 3. The Morgan fingerprint density at radius 3 is 2.50 bits per heavy atom. The zero-order chi connectivity index (χ0) is 18.0. The van der Waals surface area contributed by atoms with Gasteiger partial charge < -0.3 is 4.90 Å². The highest BCUT2D eigenvalue weighted by Gasteiger charge is 2.23. The monoisotopic (exact) mass is 449 g/mol. The lowest BCUT2D eigenvalue weighted by Gasteiger charge is -2.20. The lowest BCUT2D eigenvalue weighted by molar-refractivity contribution is 0.0990. The Bertz CT molecular complexity index is 894. The van der Waals surface area contributed by atoms with Crippen LogP contribution < -0.4 is 4.90 Å². The number of amides is 1. The Kier molecular flexibility index (Phi) is 7.70. The van der Waals surface area contributed by atoms with Crippen molar-refractivity contribution in [2.45, 2.75) is 6.42 Å². The maximum absolute atomic E-state index is 13.0. The molecule has 0 aliphatic heterocycles. The van der Waals surface area contributed by atoms with Gasteiger partial charge in [-0.05, 0) is 51.3 Å². The molecule has 0 saturated carbocycles. The number of para-hydroxylation sites is 1. The highest BCUT2D eigenvalue weighted by Crippen LogP contribution is 2.34. The largest absolute Gasteiger partial charge is 0.309 e. The zero-order valence-corrected chi connectivity index (χ0v) is 18.2. The molecule has 0 spiro atoms. The third-order valence-corrected chi connectivity index (χ3v) is 6.17. The standard InChI is InChI=1S/C17H17Cl2N3OS2.ClH/c1-21(2)9-4-10-22(16(23)13-7-8-14(19)24-13)17-20-15-11(18)5-3-6-12(15)25-17;/h3,5-8H,4,9-10H2,1-2H3;1H. The Labute approximate surface area is 176 Å². The first-order valence-corrected chi connectivity index (χ1v) is 10.1. The number of benzene rings is 1. The van der Waals surface area contributed by atoms with E-state index in [1.54, 1.807) is 17.0 Å². The summed E-state index contributed by atoms with van der Waals surface area (Å²) in [5, 5.41) is 1.26. The van der Waals surface area contributed by atoms with E-state index in [1.807, 2.05) is 32.3 Å². The average molecular weight is 451 g/mol. The van der Waals surface area contributed by atoms with E-state index in [0.717, 1.165) is 23.2 Å². The van der Waals surface area contributed by atoms with Crippen LogP contribution in [0.2, 0.25) is 9.36 Å². The molecule has 2 aromatic heterocycles. The molecule has 0 radical (unpaired) electrons. The fourth-order valence-electron chi connectivity index (χ4n) is 2.41. The smallest absolute Gasteiger partial charge is 0.270 e. The van der Waals surface area contributed by atoms with Crippen molar-refractivity contribution >= 4 is 79.5 Å². The fourth-order valence-corrected chi connectivity index (χ4v) is 4.69. The number of hydrogen-bond acceptors (Lipinski definition) is 5. The van der Waals surface area contributed by atoms with Crippen LogP contribution in [0.15, 0.2) is 30.3 Å². The summed E-state index contributed by atoms with van der Waals surface area (Å²) in [6, 6.07) is 9.17. The predicted molar refractivity (Wildman–Crippen MR) is 116 cm³/mol. The van der Waals surface area contributed by atoms with E-state index in [9.17, 15) is 4.79 Å². The van der Waals surface area contributed by atoms with Gasteiger partial charge in [-0.25, -0.2) is 4.98 Å². The van der Waals surface area contributed by atoms with E-state index in [2.05, 4.69) is 9.88 Å². The number of thiophene rings is 1. The molecule has 140 valence electrons. The van der Waals surface area contributed by atoms with Crippen molar-refractivity contribution in [3.8, 4) is 0 Å². The van der Waals surface area contributed by atoms with Gasteiger partial charge in [0.05, 0.1) is 18.9 Å². The number of nitrogens with zero attached hydrogens (tertiary/aromatic N) is 3. The third kappa shape index (κ3) is 4.88. The quantitative estimate of drug-likeness (QED) is 0.484. The fraction of sp³-hybridized carbons (Fsp3) is 0.294. The van der Waals surface area contributed by atoms with Crippen molar-refractivity contribution in [2.24, 2.45) is 0 Å². The van der Waals surface area contributed by atoms with Gasteiger partial charge in [0, 0.05) is 6.54 Å². The van der Waals surface area contributed by atoms with E-state index in [1.165, 1.54) is 22.7 Å². The summed E-state index contributed by atoms with van der Waals surface area (Å²) in [4.78, 5) is 22.0. The molecule has 0 aliphatic carbocycles. The van der Waals surface area contributed by atoms with Gasteiger partial charge in [0.15, 0.2) is 5.13 Å². The number of anilines is 1. The molecule has 0 bridgehead atoms. The molecule has 26 heavy (non-hydrogen) atoms. The number of hydrogen-bond donors (Lipinski definition) is 0. The van der Waals surface area contributed by atoms with Crippen molar-refractivity contribution in [3.05, 3.63) is 44.6 Å². The minimum atomic E-state index is -0.0779. The maximum atomic E-state index is 13.0. The van der Waals surface area contributed by atoms with Gasteiger partial charge in [0.25, 0.3) is 5.91 Å². The van der Waals surface area contributed by atoms with Crippen LogP contribution in [0.25, 0.3) is 10.2 Å². The van der Waals surface area contributed by atoms with Crippen molar-refractivity contribution in [1.29, 1.82) is 0 Å². The van der Waals surface area contributed by atoms with E-state index in [0.29, 0.717) is 25.9 Å². The molecule has 9 heteroatoms. The van der Waals surface area contributed by atoms with Crippen LogP contribution in [0.3, 0.4) is 0 Å². The molecule has 1 amide bonds. The van der Waals surface area contributed by atoms with Gasteiger partial charge in [-0.15, -0.1) is 23.7 Å². The molecule has 3 rings (SSSR count). The minimum absolute atomic E-state index is 0. The number of aromatic nitrogens is 1. The van der Waals surface area contributed by atoms with Crippen molar-refractivity contribution in [3.63, 3.8) is 0 Å². The van der Waals surface area contributed by atoms with Crippen LogP contribution in [-0.4, -0.2) is 43.0 Å². The van der Waals surface area contributed by atoms with Gasteiger partial charge in [0.1, 0.15) is 5.52 Å². The summed E-state index contributed by atoms with van der Waals surface area (Å²) in [6.45, 7) is 1.48. The Balaban J connectivity index is 0.00000243. The molecule has 0 saturated heterocycles. The van der Waals surface area contributed by atoms with Gasteiger partial charge in [0.2, 0.25) is 0 Å². The highest BCUT2D eigenvalue weighted by molar-refractivity contribution is 7.22. The van der Waals surface area contributed by atoms with E-state index in [-0.39, 0.29) is 18.3 Å². The molecule has 1 aromatic carbocycles. The first-order chi connectivity index (χ1) is 12.0.